The molecule has 1 aliphatic heterocycles. The van der Waals surface area contributed by atoms with Crippen LogP contribution in [-0.2, 0) is 6.18 Å². The van der Waals surface area contributed by atoms with Gasteiger partial charge in [-0.05, 0) is 62.9 Å². The molecule has 3 aromatic rings. The fraction of sp³-hybridized carbons (Fsp3) is 0.333. The van der Waals surface area contributed by atoms with Crippen molar-refractivity contribution in [2.45, 2.75) is 20.0 Å². The zero-order chi connectivity index (χ0) is 23.8. The predicted molar refractivity (Wildman–Crippen MR) is 133 cm³/mol. The van der Waals surface area contributed by atoms with Crippen LogP contribution in [0.2, 0.25) is 0 Å². The van der Waals surface area contributed by atoms with E-state index < -0.39 is 11.7 Å². The van der Waals surface area contributed by atoms with Crippen molar-refractivity contribution in [2.75, 3.05) is 49.2 Å². The molecule has 0 aliphatic carbocycles. The Hall–Kier alpha value is -3.04. The molecule has 2 heterocycles. The van der Waals surface area contributed by atoms with Crippen molar-refractivity contribution in [1.82, 2.24) is 14.9 Å². The molecule has 4 rings (SSSR count). The summed E-state index contributed by atoms with van der Waals surface area (Å²) in [6.07, 6.45) is -4.40. The van der Waals surface area contributed by atoms with Gasteiger partial charge in [-0.3, -0.25) is 0 Å². The van der Waals surface area contributed by atoms with E-state index in [0.29, 0.717) is 16.8 Å². The Labute approximate surface area is 203 Å². The van der Waals surface area contributed by atoms with Crippen molar-refractivity contribution in [3.63, 3.8) is 0 Å². The molecule has 0 spiro atoms. The molecule has 1 saturated heterocycles. The van der Waals surface area contributed by atoms with Crippen LogP contribution < -0.4 is 16.0 Å². The van der Waals surface area contributed by atoms with Gasteiger partial charge in [0.2, 0.25) is 5.95 Å². The maximum Gasteiger partial charge on any atom is 0.416 e. The van der Waals surface area contributed by atoms with Gasteiger partial charge in [-0.1, -0.05) is 6.07 Å². The highest BCUT2D eigenvalue weighted by Crippen LogP contribution is 2.35. The highest BCUT2D eigenvalue weighted by Gasteiger charge is 2.32. The molecule has 34 heavy (non-hydrogen) atoms. The summed E-state index contributed by atoms with van der Waals surface area (Å²) in [5.74, 6) is 0.562. The number of alkyl halides is 3. The van der Waals surface area contributed by atoms with Gasteiger partial charge in [0.05, 0.1) is 11.3 Å². The van der Waals surface area contributed by atoms with Gasteiger partial charge in [0.25, 0.3) is 0 Å². The first-order valence-electron chi connectivity index (χ1n) is 10.7. The van der Waals surface area contributed by atoms with Gasteiger partial charge in [-0.15, -0.1) is 12.4 Å². The molecular formula is C24H28ClF3N6. The number of aromatic nitrogens is 2. The van der Waals surface area contributed by atoms with Crippen LogP contribution >= 0.6 is 12.4 Å². The number of halogens is 4. The molecule has 0 saturated carbocycles. The Kier molecular flexibility index (Phi) is 7.57. The first kappa shape index (κ1) is 25.6. The van der Waals surface area contributed by atoms with Crippen molar-refractivity contribution < 1.29 is 13.2 Å². The normalized spacial score (nSPS) is 14.6. The molecule has 6 nitrogen and oxygen atoms in total. The molecule has 0 amide bonds. The molecule has 0 unspecified atom stereocenters. The number of nitrogen functional groups attached to an aromatic ring is 1. The van der Waals surface area contributed by atoms with Gasteiger partial charge in [-0.2, -0.15) is 18.2 Å². The second kappa shape index (κ2) is 10.1. The first-order valence-corrected chi connectivity index (χ1v) is 10.7. The number of nitrogens with one attached hydrogen (secondary N) is 1. The minimum absolute atomic E-state index is 0. The Bertz CT molecular complexity index is 1140. The number of rotatable bonds is 4. The van der Waals surface area contributed by atoms with Crippen LogP contribution in [0.5, 0.6) is 0 Å². The SMILES string of the molecule is Cc1cc(-c2nc(Nc3ccc(N4CCN(C)CC4)cc3)nc(N)c2C)ccc1C(F)(F)F.Cl. The molecule has 0 bridgehead atoms. The fourth-order valence-corrected chi connectivity index (χ4v) is 3.95. The van der Waals surface area contributed by atoms with Crippen molar-refractivity contribution in [1.29, 1.82) is 0 Å². The molecular weight excluding hydrogens is 465 g/mol. The number of piperazine rings is 1. The summed E-state index contributed by atoms with van der Waals surface area (Å²) in [5, 5.41) is 3.16. The zero-order valence-corrected chi connectivity index (χ0v) is 20.1. The molecule has 182 valence electrons. The molecule has 0 atom stereocenters. The van der Waals surface area contributed by atoms with Crippen LogP contribution in [-0.4, -0.2) is 48.1 Å². The summed E-state index contributed by atoms with van der Waals surface area (Å²) in [6.45, 7) is 7.22. The number of nitrogens with two attached hydrogens (primary N) is 1. The average molecular weight is 493 g/mol. The number of nitrogens with zero attached hydrogens (tertiary/aromatic N) is 4. The van der Waals surface area contributed by atoms with E-state index in [0.717, 1.165) is 43.6 Å². The van der Waals surface area contributed by atoms with Gasteiger partial charge in [-0.25, -0.2) is 4.98 Å². The lowest BCUT2D eigenvalue weighted by molar-refractivity contribution is -0.138. The number of hydrogen-bond acceptors (Lipinski definition) is 6. The van der Waals surface area contributed by atoms with Gasteiger partial charge >= 0.3 is 6.18 Å². The highest BCUT2D eigenvalue weighted by molar-refractivity contribution is 5.85. The lowest BCUT2D eigenvalue weighted by Gasteiger charge is -2.34. The van der Waals surface area contributed by atoms with Crippen LogP contribution in [0.3, 0.4) is 0 Å². The summed E-state index contributed by atoms with van der Waals surface area (Å²) in [5.41, 5.74) is 9.19. The number of hydrogen-bond donors (Lipinski definition) is 2. The third-order valence-corrected chi connectivity index (χ3v) is 5.98. The van der Waals surface area contributed by atoms with E-state index in [-0.39, 0.29) is 29.7 Å². The van der Waals surface area contributed by atoms with Gasteiger partial charge in [0.1, 0.15) is 5.82 Å². The minimum Gasteiger partial charge on any atom is -0.383 e. The van der Waals surface area contributed by atoms with Crippen LogP contribution in [0, 0.1) is 13.8 Å². The standard InChI is InChI=1S/C24H27F3N6.ClH/c1-15-14-17(4-9-20(15)24(25,26)27)21-16(2)22(28)31-23(30-21)29-18-5-7-19(8-6-18)33-12-10-32(3)11-13-33;/h4-9,14H,10-13H2,1-3H3,(H3,28,29,30,31);1H. The van der Waals surface area contributed by atoms with E-state index in [4.69, 9.17) is 5.73 Å². The molecule has 0 radical (unpaired) electrons. The first-order chi connectivity index (χ1) is 15.6. The predicted octanol–water partition coefficient (Wildman–Crippen LogP) is 5.28. The third-order valence-electron chi connectivity index (χ3n) is 5.98. The van der Waals surface area contributed by atoms with Crippen molar-refractivity contribution >= 4 is 35.5 Å². The van der Waals surface area contributed by atoms with E-state index in [1.54, 1.807) is 6.92 Å². The molecule has 1 fully saturated rings. The molecule has 3 N–H and O–H groups in total. The van der Waals surface area contributed by atoms with Gasteiger partial charge in [0, 0.05) is 48.7 Å². The highest BCUT2D eigenvalue weighted by atomic mass is 35.5. The number of anilines is 4. The summed E-state index contributed by atoms with van der Waals surface area (Å²) in [7, 11) is 2.12. The van der Waals surface area contributed by atoms with Crippen LogP contribution in [0.1, 0.15) is 16.7 Å². The fourth-order valence-electron chi connectivity index (χ4n) is 3.95. The van der Waals surface area contributed by atoms with E-state index in [9.17, 15) is 13.2 Å². The molecule has 1 aromatic heterocycles. The van der Waals surface area contributed by atoms with Gasteiger partial charge in [0.15, 0.2) is 0 Å². The zero-order valence-electron chi connectivity index (χ0n) is 19.3. The van der Waals surface area contributed by atoms with Crippen molar-refractivity contribution in [3.8, 4) is 11.3 Å². The second-order valence-electron chi connectivity index (χ2n) is 8.40. The smallest absolute Gasteiger partial charge is 0.383 e. The average Bonchev–Trinajstić information content (AvgIpc) is 2.76. The lowest BCUT2D eigenvalue weighted by Crippen LogP contribution is -2.44. The third kappa shape index (κ3) is 5.53. The lowest BCUT2D eigenvalue weighted by atomic mass is 10.0. The summed E-state index contributed by atoms with van der Waals surface area (Å²) in [4.78, 5) is 13.5. The van der Waals surface area contributed by atoms with Crippen molar-refractivity contribution in [2.24, 2.45) is 0 Å². The van der Waals surface area contributed by atoms with Crippen LogP contribution in [0.4, 0.5) is 36.3 Å². The Morgan fingerprint density at radius 1 is 0.941 bits per heavy atom. The monoisotopic (exact) mass is 492 g/mol. The van der Waals surface area contributed by atoms with Crippen LogP contribution in [0.25, 0.3) is 11.3 Å². The van der Waals surface area contributed by atoms with E-state index in [1.165, 1.54) is 19.1 Å². The summed E-state index contributed by atoms with van der Waals surface area (Å²) >= 11 is 0. The van der Waals surface area contributed by atoms with E-state index >= 15 is 0 Å². The minimum atomic E-state index is -4.40. The Morgan fingerprint density at radius 3 is 2.18 bits per heavy atom. The maximum absolute atomic E-state index is 13.1. The summed E-state index contributed by atoms with van der Waals surface area (Å²) in [6, 6.07) is 12.0. The molecule has 1 aliphatic rings. The van der Waals surface area contributed by atoms with Gasteiger partial charge < -0.3 is 20.9 Å². The Morgan fingerprint density at radius 2 is 1.59 bits per heavy atom. The van der Waals surface area contributed by atoms with E-state index in [2.05, 4.69) is 32.1 Å². The largest absolute Gasteiger partial charge is 0.416 e. The molecule has 10 heteroatoms. The number of likely N-dealkylation sites (N-methyl/N-ethyl adjacent to an activating group) is 1. The quantitative estimate of drug-likeness (QED) is 0.516. The summed E-state index contributed by atoms with van der Waals surface area (Å²) < 4.78 is 39.4. The maximum atomic E-state index is 13.1. The van der Waals surface area contributed by atoms with E-state index in [1.807, 2.05) is 24.3 Å². The number of benzene rings is 2. The van der Waals surface area contributed by atoms with Crippen molar-refractivity contribution in [3.05, 3.63) is 59.2 Å². The molecule has 2 aromatic carbocycles. The van der Waals surface area contributed by atoms with Crippen LogP contribution in [0.15, 0.2) is 42.5 Å². The second-order valence-corrected chi connectivity index (χ2v) is 8.40. The Balaban J connectivity index is 0.00000324. The topological polar surface area (TPSA) is 70.3 Å². The number of aryl methyl sites for hydroxylation is 1.